The highest BCUT2D eigenvalue weighted by Gasteiger charge is 2.20. The molecule has 0 saturated carbocycles. The molecule has 0 unspecified atom stereocenters. The van der Waals surface area contributed by atoms with Crippen LogP contribution in [-0.2, 0) is 14.8 Å². The number of carbonyl (C=O) groups excluding carboxylic acids is 1. The summed E-state index contributed by atoms with van der Waals surface area (Å²) in [6, 6.07) is 2.93. The highest BCUT2D eigenvalue weighted by Crippen LogP contribution is 2.13. The van der Waals surface area contributed by atoms with Crippen molar-refractivity contribution in [1.29, 1.82) is 0 Å². The first-order chi connectivity index (χ1) is 10.1. The highest BCUT2D eigenvalue weighted by atomic mass is 32.2. The van der Waals surface area contributed by atoms with Crippen LogP contribution in [0, 0.1) is 17.6 Å². The number of nitrogens with one attached hydrogen (secondary N) is 1. The Kier molecular flexibility index (Phi) is 6.43. The number of nitrogens with zero attached hydrogens (tertiary/aromatic N) is 1. The number of halogens is 2. The zero-order chi connectivity index (χ0) is 16.9. The fourth-order valence-electron chi connectivity index (χ4n) is 1.70. The van der Waals surface area contributed by atoms with Gasteiger partial charge >= 0.3 is 0 Å². The van der Waals surface area contributed by atoms with Gasteiger partial charge in [-0.1, -0.05) is 13.8 Å². The molecule has 8 heteroatoms. The van der Waals surface area contributed by atoms with Crippen molar-refractivity contribution in [3.8, 4) is 0 Å². The van der Waals surface area contributed by atoms with E-state index in [-0.39, 0.29) is 18.8 Å². The van der Waals surface area contributed by atoms with E-state index in [0.29, 0.717) is 12.3 Å². The van der Waals surface area contributed by atoms with Crippen LogP contribution in [-0.4, -0.2) is 38.0 Å². The third-order valence-corrected chi connectivity index (χ3v) is 4.20. The maximum absolute atomic E-state index is 13.1. The van der Waals surface area contributed by atoms with Gasteiger partial charge in [0, 0.05) is 18.3 Å². The molecule has 1 amide bonds. The first kappa shape index (κ1) is 18.5. The second kappa shape index (κ2) is 7.64. The highest BCUT2D eigenvalue weighted by molar-refractivity contribution is 7.88. The summed E-state index contributed by atoms with van der Waals surface area (Å²) >= 11 is 0. The number of amides is 1. The summed E-state index contributed by atoms with van der Waals surface area (Å²) in [5.74, 6) is -2.43. The van der Waals surface area contributed by atoms with Gasteiger partial charge in [-0.15, -0.1) is 0 Å². The Bertz CT molecular complexity index is 633. The summed E-state index contributed by atoms with van der Waals surface area (Å²) in [5.41, 5.74) is 0.0706. The average Bonchev–Trinajstić information content (AvgIpc) is 2.37. The lowest BCUT2D eigenvalue weighted by Gasteiger charge is -2.20. The van der Waals surface area contributed by atoms with Gasteiger partial charge in [-0.25, -0.2) is 17.2 Å². The minimum absolute atomic E-state index is 0.0706. The second-order valence-corrected chi connectivity index (χ2v) is 7.44. The fourth-order valence-corrected chi connectivity index (χ4v) is 2.49. The molecule has 0 aromatic heterocycles. The number of carbonyl (C=O) groups is 1. The molecule has 1 aromatic carbocycles. The monoisotopic (exact) mass is 334 g/mol. The first-order valence-electron chi connectivity index (χ1n) is 6.79. The molecule has 124 valence electrons. The summed E-state index contributed by atoms with van der Waals surface area (Å²) in [7, 11) is -3.52. The van der Waals surface area contributed by atoms with Gasteiger partial charge in [-0.05, 0) is 24.5 Å². The number of benzene rings is 1. The maximum Gasteiger partial charge on any atom is 0.239 e. The fraction of sp³-hybridized carbons (Fsp3) is 0.500. The first-order valence-corrected chi connectivity index (χ1v) is 8.64. The third kappa shape index (κ3) is 6.07. The normalized spacial score (nSPS) is 12.0. The van der Waals surface area contributed by atoms with Gasteiger partial charge in [0.05, 0.1) is 12.8 Å². The van der Waals surface area contributed by atoms with Crippen LogP contribution in [0.5, 0.6) is 0 Å². The van der Waals surface area contributed by atoms with E-state index < -0.39 is 27.6 Å². The van der Waals surface area contributed by atoms with Crippen molar-refractivity contribution in [3.05, 3.63) is 29.8 Å². The van der Waals surface area contributed by atoms with E-state index in [2.05, 4.69) is 5.32 Å². The topological polar surface area (TPSA) is 66.5 Å². The van der Waals surface area contributed by atoms with Crippen molar-refractivity contribution >= 4 is 21.6 Å². The number of sulfonamides is 1. The number of rotatable bonds is 7. The van der Waals surface area contributed by atoms with E-state index in [1.807, 2.05) is 13.8 Å². The van der Waals surface area contributed by atoms with Gasteiger partial charge in [0.15, 0.2) is 11.6 Å². The van der Waals surface area contributed by atoms with Gasteiger partial charge in [-0.3, -0.25) is 4.79 Å². The van der Waals surface area contributed by atoms with Gasteiger partial charge in [0.1, 0.15) is 0 Å². The van der Waals surface area contributed by atoms with Crippen LogP contribution in [0.2, 0.25) is 0 Å². The molecular formula is C14H20F2N2O3S. The molecular weight excluding hydrogens is 314 g/mol. The van der Waals surface area contributed by atoms with E-state index in [1.54, 1.807) is 0 Å². The van der Waals surface area contributed by atoms with Crippen LogP contribution in [0.15, 0.2) is 18.2 Å². The molecule has 0 saturated heterocycles. The van der Waals surface area contributed by atoms with Gasteiger partial charge in [-0.2, -0.15) is 4.31 Å². The lowest BCUT2D eigenvalue weighted by atomic mass is 10.1. The predicted molar refractivity (Wildman–Crippen MR) is 80.9 cm³/mol. The molecule has 0 bridgehead atoms. The minimum atomic E-state index is -3.52. The second-order valence-electron chi connectivity index (χ2n) is 5.46. The van der Waals surface area contributed by atoms with E-state index in [9.17, 15) is 22.0 Å². The van der Waals surface area contributed by atoms with Crippen molar-refractivity contribution in [2.75, 3.05) is 24.7 Å². The molecule has 0 aliphatic heterocycles. The zero-order valence-corrected chi connectivity index (χ0v) is 13.6. The standard InChI is InChI=1S/C14H20F2N2O3S/c1-10(2)6-7-18(22(3,20)21)9-14(19)17-11-4-5-12(15)13(16)8-11/h4-5,8,10H,6-7,9H2,1-3H3,(H,17,19). The van der Waals surface area contributed by atoms with Crippen molar-refractivity contribution in [3.63, 3.8) is 0 Å². The smallest absolute Gasteiger partial charge is 0.239 e. The Labute approximate surface area is 129 Å². The Hall–Kier alpha value is -1.54. The lowest BCUT2D eigenvalue weighted by Crippen LogP contribution is -2.38. The van der Waals surface area contributed by atoms with Crippen molar-refractivity contribution in [1.82, 2.24) is 4.31 Å². The third-order valence-electron chi connectivity index (χ3n) is 2.95. The average molecular weight is 334 g/mol. The Balaban J connectivity index is 2.72. The maximum atomic E-state index is 13.1. The summed E-state index contributed by atoms with van der Waals surface area (Å²) in [5, 5.41) is 2.35. The predicted octanol–water partition coefficient (Wildman–Crippen LogP) is 2.21. The van der Waals surface area contributed by atoms with Gasteiger partial charge in [0.25, 0.3) is 0 Å². The summed E-state index contributed by atoms with van der Waals surface area (Å²) < 4.78 is 50.3. The molecule has 22 heavy (non-hydrogen) atoms. The molecule has 0 heterocycles. The van der Waals surface area contributed by atoms with Crippen LogP contribution < -0.4 is 5.32 Å². The minimum Gasteiger partial charge on any atom is -0.325 e. The van der Waals surface area contributed by atoms with E-state index in [0.717, 1.165) is 22.7 Å². The largest absolute Gasteiger partial charge is 0.325 e. The van der Waals surface area contributed by atoms with Crippen LogP contribution >= 0.6 is 0 Å². The van der Waals surface area contributed by atoms with Crippen LogP contribution in [0.4, 0.5) is 14.5 Å². The summed E-state index contributed by atoms with van der Waals surface area (Å²) in [6.45, 7) is 3.75. The Morgan fingerprint density at radius 3 is 2.41 bits per heavy atom. The SMILES string of the molecule is CC(C)CCN(CC(=O)Nc1ccc(F)c(F)c1)S(C)(=O)=O. The molecule has 0 aliphatic carbocycles. The quantitative estimate of drug-likeness (QED) is 0.831. The van der Waals surface area contributed by atoms with Crippen molar-refractivity contribution in [2.45, 2.75) is 20.3 Å². The molecule has 0 atom stereocenters. The summed E-state index contributed by atoms with van der Waals surface area (Å²) in [6.07, 6.45) is 1.64. The Morgan fingerprint density at radius 1 is 1.27 bits per heavy atom. The van der Waals surface area contributed by atoms with Crippen molar-refractivity contribution < 1.29 is 22.0 Å². The van der Waals surface area contributed by atoms with Crippen molar-refractivity contribution in [2.24, 2.45) is 5.92 Å². The van der Waals surface area contributed by atoms with Crippen LogP contribution in [0.25, 0.3) is 0 Å². The summed E-state index contributed by atoms with van der Waals surface area (Å²) in [4.78, 5) is 11.9. The molecule has 1 N–H and O–H groups in total. The van der Waals surface area contributed by atoms with E-state index >= 15 is 0 Å². The molecule has 0 fully saturated rings. The lowest BCUT2D eigenvalue weighted by molar-refractivity contribution is -0.116. The van der Waals surface area contributed by atoms with Gasteiger partial charge < -0.3 is 5.32 Å². The molecule has 0 aliphatic rings. The Morgan fingerprint density at radius 2 is 1.91 bits per heavy atom. The van der Waals surface area contributed by atoms with Crippen LogP contribution in [0.3, 0.4) is 0 Å². The van der Waals surface area contributed by atoms with Gasteiger partial charge in [0.2, 0.25) is 15.9 Å². The zero-order valence-electron chi connectivity index (χ0n) is 12.8. The van der Waals surface area contributed by atoms with E-state index in [1.165, 1.54) is 6.07 Å². The number of anilines is 1. The molecule has 1 aromatic rings. The number of hydrogen-bond acceptors (Lipinski definition) is 3. The number of hydrogen-bond donors (Lipinski definition) is 1. The van der Waals surface area contributed by atoms with E-state index in [4.69, 9.17) is 0 Å². The molecule has 5 nitrogen and oxygen atoms in total. The molecule has 1 rings (SSSR count). The van der Waals surface area contributed by atoms with Crippen LogP contribution in [0.1, 0.15) is 20.3 Å². The molecule has 0 radical (unpaired) electrons. The molecule has 0 spiro atoms.